The highest BCUT2D eigenvalue weighted by molar-refractivity contribution is 7.12. The second-order valence-electron chi connectivity index (χ2n) is 7.51. The molecule has 27 heavy (non-hydrogen) atoms. The third-order valence-electron chi connectivity index (χ3n) is 5.47. The van der Waals surface area contributed by atoms with Gasteiger partial charge in [0, 0.05) is 24.5 Å². The van der Waals surface area contributed by atoms with Gasteiger partial charge in [-0.3, -0.25) is 9.59 Å². The SMILES string of the molecule is O=C(NC(Cc1ccccc1)C(=O)NC1CC2CCC(C1)N2)c1cccs1. The second kappa shape index (κ2) is 8.23. The second-order valence-corrected chi connectivity index (χ2v) is 8.46. The summed E-state index contributed by atoms with van der Waals surface area (Å²) in [4.78, 5) is 26.2. The van der Waals surface area contributed by atoms with Crippen molar-refractivity contribution in [2.45, 2.75) is 56.3 Å². The number of hydrogen-bond acceptors (Lipinski definition) is 4. The lowest BCUT2D eigenvalue weighted by Gasteiger charge is -2.31. The molecule has 4 rings (SSSR count). The molecule has 0 spiro atoms. The molecule has 2 bridgehead atoms. The Bertz CT molecular complexity index is 766. The van der Waals surface area contributed by atoms with E-state index in [1.54, 1.807) is 6.07 Å². The molecule has 3 heterocycles. The van der Waals surface area contributed by atoms with Crippen molar-refractivity contribution in [3.05, 3.63) is 58.3 Å². The predicted molar refractivity (Wildman–Crippen MR) is 107 cm³/mol. The maximum absolute atomic E-state index is 13.0. The Labute approximate surface area is 163 Å². The number of rotatable bonds is 6. The Morgan fingerprint density at radius 2 is 1.81 bits per heavy atom. The molecule has 1 aromatic heterocycles. The van der Waals surface area contributed by atoms with Crippen LogP contribution in [-0.4, -0.2) is 36.0 Å². The summed E-state index contributed by atoms with van der Waals surface area (Å²) in [7, 11) is 0. The first-order valence-corrected chi connectivity index (χ1v) is 10.5. The van der Waals surface area contributed by atoms with Crippen LogP contribution in [0.4, 0.5) is 0 Å². The fourth-order valence-corrected chi connectivity index (χ4v) is 4.80. The van der Waals surface area contributed by atoms with E-state index in [1.807, 2.05) is 41.8 Å². The van der Waals surface area contributed by atoms with E-state index >= 15 is 0 Å². The van der Waals surface area contributed by atoms with Gasteiger partial charge in [-0.25, -0.2) is 0 Å². The van der Waals surface area contributed by atoms with Gasteiger partial charge in [0.05, 0.1) is 4.88 Å². The monoisotopic (exact) mass is 383 g/mol. The minimum Gasteiger partial charge on any atom is -0.351 e. The summed E-state index contributed by atoms with van der Waals surface area (Å²) >= 11 is 1.38. The van der Waals surface area contributed by atoms with Crippen LogP contribution in [0.15, 0.2) is 47.8 Å². The van der Waals surface area contributed by atoms with Crippen molar-refractivity contribution >= 4 is 23.2 Å². The minimum absolute atomic E-state index is 0.0879. The standard InChI is InChI=1S/C21H25N3O2S/c25-20(23-17-12-15-8-9-16(13-17)22-15)18(11-14-5-2-1-3-6-14)24-21(26)19-7-4-10-27-19/h1-7,10,15-18,22H,8-9,11-13H2,(H,23,25)(H,24,26). The van der Waals surface area contributed by atoms with Crippen LogP contribution >= 0.6 is 11.3 Å². The number of nitrogens with one attached hydrogen (secondary N) is 3. The van der Waals surface area contributed by atoms with Crippen LogP contribution < -0.4 is 16.0 Å². The van der Waals surface area contributed by atoms with Gasteiger partial charge < -0.3 is 16.0 Å². The zero-order valence-corrected chi connectivity index (χ0v) is 16.0. The van der Waals surface area contributed by atoms with E-state index in [0.29, 0.717) is 23.4 Å². The van der Waals surface area contributed by atoms with Gasteiger partial charge in [-0.1, -0.05) is 36.4 Å². The normalized spacial score (nSPS) is 25.0. The predicted octanol–water partition coefficient (Wildman–Crippen LogP) is 2.49. The molecule has 2 amide bonds. The fraction of sp³-hybridized carbons (Fsp3) is 0.429. The van der Waals surface area contributed by atoms with Gasteiger partial charge in [-0.2, -0.15) is 0 Å². The molecule has 3 N–H and O–H groups in total. The number of carbonyl (C=O) groups excluding carboxylic acids is 2. The molecule has 0 aliphatic carbocycles. The van der Waals surface area contributed by atoms with Crippen LogP contribution in [0.3, 0.4) is 0 Å². The van der Waals surface area contributed by atoms with E-state index in [0.717, 1.165) is 18.4 Å². The van der Waals surface area contributed by atoms with Crippen molar-refractivity contribution in [2.75, 3.05) is 0 Å². The number of hydrogen-bond donors (Lipinski definition) is 3. The average molecular weight is 384 g/mol. The Balaban J connectivity index is 1.44. The molecule has 6 heteroatoms. The molecule has 2 aliphatic rings. The summed E-state index contributed by atoms with van der Waals surface area (Å²) in [5, 5.41) is 11.6. The van der Waals surface area contributed by atoms with E-state index in [4.69, 9.17) is 0 Å². The third kappa shape index (κ3) is 4.57. The zero-order chi connectivity index (χ0) is 18.6. The van der Waals surface area contributed by atoms with Gasteiger partial charge in [-0.15, -0.1) is 11.3 Å². The molecular weight excluding hydrogens is 358 g/mol. The summed E-state index contributed by atoms with van der Waals surface area (Å²) in [6.07, 6.45) is 4.82. The molecule has 3 atom stereocenters. The van der Waals surface area contributed by atoms with E-state index in [9.17, 15) is 9.59 Å². The molecule has 1 aromatic carbocycles. The van der Waals surface area contributed by atoms with Crippen molar-refractivity contribution < 1.29 is 9.59 Å². The Morgan fingerprint density at radius 3 is 2.48 bits per heavy atom. The van der Waals surface area contributed by atoms with Gasteiger partial charge in [0.1, 0.15) is 6.04 Å². The Morgan fingerprint density at radius 1 is 1.07 bits per heavy atom. The van der Waals surface area contributed by atoms with Gasteiger partial charge >= 0.3 is 0 Å². The summed E-state index contributed by atoms with van der Waals surface area (Å²) < 4.78 is 0. The summed E-state index contributed by atoms with van der Waals surface area (Å²) in [5.41, 5.74) is 1.04. The molecule has 0 radical (unpaired) electrons. The Kier molecular flexibility index (Phi) is 5.55. The van der Waals surface area contributed by atoms with Crippen molar-refractivity contribution in [1.82, 2.24) is 16.0 Å². The smallest absolute Gasteiger partial charge is 0.262 e. The number of benzene rings is 1. The molecule has 5 nitrogen and oxygen atoms in total. The molecule has 0 saturated carbocycles. The van der Waals surface area contributed by atoms with Crippen LogP contribution in [0.25, 0.3) is 0 Å². The van der Waals surface area contributed by atoms with Gasteiger partial charge in [-0.05, 0) is 42.7 Å². The average Bonchev–Trinajstić information content (AvgIpc) is 3.32. The highest BCUT2D eigenvalue weighted by Crippen LogP contribution is 2.26. The first kappa shape index (κ1) is 18.2. The van der Waals surface area contributed by atoms with E-state index in [-0.39, 0.29) is 17.9 Å². The van der Waals surface area contributed by atoms with Gasteiger partial charge in [0.2, 0.25) is 5.91 Å². The molecular formula is C21H25N3O2S. The highest BCUT2D eigenvalue weighted by Gasteiger charge is 2.35. The fourth-order valence-electron chi connectivity index (χ4n) is 4.17. The van der Waals surface area contributed by atoms with Crippen LogP contribution in [0.1, 0.15) is 40.9 Å². The highest BCUT2D eigenvalue weighted by atomic mass is 32.1. The minimum atomic E-state index is -0.575. The van der Waals surface area contributed by atoms with Crippen LogP contribution in [0.5, 0.6) is 0 Å². The summed E-state index contributed by atoms with van der Waals surface area (Å²) in [5.74, 6) is -0.276. The van der Waals surface area contributed by atoms with Crippen molar-refractivity contribution in [1.29, 1.82) is 0 Å². The molecule has 2 aliphatic heterocycles. The van der Waals surface area contributed by atoms with Crippen molar-refractivity contribution in [3.63, 3.8) is 0 Å². The zero-order valence-electron chi connectivity index (χ0n) is 15.2. The number of piperidine rings is 1. The lowest BCUT2D eigenvalue weighted by Crippen LogP contribution is -2.54. The Hall–Kier alpha value is -2.18. The van der Waals surface area contributed by atoms with Crippen LogP contribution in [0.2, 0.25) is 0 Å². The van der Waals surface area contributed by atoms with Crippen LogP contribution in [0, 0.1) is 0 Å². The first-order valence-electron chi connectivity index (χ1n) is 9.62. The quantitative estimate of drug-likeness (QED) is 0.718. The van der Waals surface area contributed by atoms with E-state index in [2.05, 4.69) is 16.0 Å². The number of thiophene rings is 1. The van der Waals surface area contributed by atoms with E-state index < -0.39 is 6.04 Å². The lowest BCUT2D eigenvalue weighted by molar-refractivity contribution is -0.123. The molecule has 3 unspecified atom stereocenters. The lowest BCUT2D eigenvalue weighted by atomic mass is 9.98. The third-order valence-corrected chi connectivity index (χ3v) is 6.34. The summed E-state index contributed by atoms with van der Waals surface area (Å²) in [6.45, 7) is 0. The first-order chi connectivity index (χ1) is 13.2. The summed E-state index contributed by atoms with van der Waals surface area (Å²) in [6, 6.07) is 14.1. The molecule has 142 valence electrons. The topological polar surface area (TPSA) is 70.2 Å². The number of fused-ring (bicyclic) bond motifs is 2. The van der Waals surface area contributed by atoms with Crippen LogP contribution in [-0.2, 0) is 11.2 Å². The number of carbonyl (C=O) groups is 2. The molecule has 2 aromatic rings. The van der Waals surface area contributed by atoms with Crippen molar-refractivity contribution in [2.24, 2.45) is 0 Å². The van der Waals surface area contributed by atoms with Crippen molar-refractivity contribution in [3.8, 4) is 0 Å². The number of amides is 2. The maximum atomic E-state index is 13.0. The van der Waals surface area contributed by atoms with Gasteiger partial charge in [0.25, 0.3) is 5.91 Å². The largest absolute Gasteiger partial charge is 0.351 e. The maximum Gasteiger partial charge on any atom is 0.262 e. The molecule has 2 saturated heterocycles. The van der Waals surface area contributed by atoms with E-state index in [1.165, 1.54) is 24.2 Å². The molecule has 2 fully saturated rings. The van der Waals surface area contributed by atoms with Gasteiger partial charge in [0.15, 0.2) is 0 Å².